The number of carbonyl (C=O) groups excluding carboxylic acids is 1. The Morgan fingerprint density at radius 3 is 2.85 bits per heavy atom. The number of allylic oxidation sites excluding steroid dienone is 1. The largest absolute Gasteiger partial charge is 0.495 e. The van der Waals surface area contributed by atoms with Crippen molar-refractivity contribution in [1.82, 2.24) is 9.97 Å². The Morgan fingerprint density at radius 2 is 2.07 bits per heavy atom. The number of hydrogen-bond donors (Lipinski definition) is 2. The van der Waals surface area contributed by atoms with Gasteiger partial charge in [0, 0.05) is 12.6 Å². The predicted molar refractivity (Wildman–Crippen MR) is 107 cm³/mol. The number of anilines is 2. The van der Waals surface area contributed by atoms with Crippen LogP contribution in [-0.2, 0) is 0 Å². The van der Waals surface area contributed by atoms with Gasteiger partial charge in [0.2, 0.25) is 0 Å². The van der Waals surface area contributed by atoms with Crippen LogP contribution < -0.4 is 15.4 Å². The maximum absolute atomic E-state index is 12.6. The monoisotopic (exact) mass is 366 g/mol. The summed E-state index contributed by atoms with van der Waals surface area (Å²) in [6.07, 6.45) is 8.32. The van der Waals surface area contributed by atoms with Gasteiger partial charge in [0.05, 0.1) is 12.8 Å². The summed E-state index contributed by atoms with van der Waals surface area (Å²) in [7, 11) is 1.57. The smallest absolute Gasteiger partial charge is 0.274 e. The molecule has 6 heteroatoms. The van der Waals surface area contributed by atoms with E-state index in [0.29, 0.717) is 28.8 Å². The van der Waals surface area contributed by atoms with Gasteiger partial charge >= 0.3 is 0 Å². The first kappa shape index (κ1) is 18.9. The number of ether oxygens (including phenoxy) is 1. The molecule has 6 nitrogen and oxygen atoms in total. The molecule has 0 radical (unpaired) electrons. The summed E-state index contributed by atoms with van der Waals surface area (Å²) in [5.41, 5.74) is 2.45. The number of aryl methyl sites for hydroxylation is 1. The number of para-hydroxylation sites is 2. The van der Waals surface area contributed by atoms with E-state index in [2.05, 4.69) is 26.7 Å². The fourth-order valence-electron chi connectivity index (χ4n) is 3.19. The minimum atomic E-state index is -0.289. The van der Waals surface area contributed by atoms with E-state index in [1.807, 2.05) is 12.1 Å². The average molecular weight is 366 g/mol. The van der Waals surface area contributed by atoms with Gasteiger partial charge in [0.25, 0.3) is 5.91 Å². The van der Waals surface area contributed by atoms with Crippen LogP contribution in [0.15, 0.2) is 42.0 Å². The van der Waals surface area contributed by atoms with E-state index >= 15 is 0 Å². The number of nitrogens with one attached hydrogen (secondary N) is 2. The summed E-state index contributed by atoms with van der Waals surface area (Å²) in [6, 6.07) is 8.98. The Kier molecular flexibility index (Phi) is 6.41. The van der Waals surface area contributed by atoms with Crippen LogP contribution >= 0.6 is 0 Å². The number of carbonyl (C=O) groups is 1. The molecule has 0 saturated heterocycles. The molecule has 1 aromatic carbocycles. The van der Waals surface area contributed by atoms with Crippen molar-refractivity contribution in [2.24, 2.45) is 0 Å². The van der Waals surface area contributed by atoms with Crippen LogP contribution in [-0.4, -0.2) is 29.5 Å². The molecule has 2 N–H and O–H groups in total. The lowest BCUT2D eigenvalue weighted by Crippen LogP contribution is -2.16. The molecule has 0 unspecified atom stereocenters. The van der Waals surface area contributed by atoms with Gasteiger partial charge in [-0.25, -0.2) is 9.97 Å². The van der Waals surface area contributed by atoms with Crippen LogP contribution in [0.2, 0.25) is 0 Å². The lowest BCUT2D eigenvalue weighted by atomic mass is 9.97. The average Bonchev–Trinajstić information content (AvgIpc) is 2.69. The minimum Gasteiger partial charge on any atom is -0.495 e. The van der Waals surface area contributed by atoms with Crippen molar-refractivity contribution in [3.05, 3.63) is 53.5 Å². The fourth-order valence-corrected chi connectivity index (χ4v) is 3.19. The molecule has 142 valence electrons. The van der Waals surface area contributed by atoms with Crippen molar-refractivity contribution in [2.75, 3.05) is 24.3 Å². The lowest BCUT2D eigenvalue weighted by molar-refractivity contribution is 0.102. The van der Waals surface area contributed by atoms with E-state index in [1.165, 1.54) is 31.3 Å². The summed E-state index contributed by atoms with van der Waals surface area (Å²) in [4.78, 5) is 21.3. The molecular formula is C21H26N4O2. The number of rotatable bonds is 7. The SMILES string of the molecule is COc1ccccc1NC(=O)c1cc(NCCC2=CCCCC2)nc(C)n1. The molecule has 2 aromatic rings. The molecule has 0 spiro atoms. The van der Waals surface area contributed by atoms with E-state index in [9.17, 15) is 4.79 Å². The first-order chi connectivity index (χ1) is 13.2. The zero-order chi connectivity index (χ0) is 19.1. The third-order valence-corrected chi connectivity index (χ3v) is 4.56. The molecule has 27 heavy (non-hydrogen) atoms. The van der Waals surface area contributed by atoms with Gasteiger partial charge in [0.1, 0.15) is 23.1 Å². The van der Waals surface area contributed by atoms with Crippen molar-refractivity contribution < 1.29 is 9.53 Å². The van der Waals surface area contributed by atoms with Crippen LogP contribution in [0.4, 0.5) is 11.5 Å². The van der Waals surface area contributed by atoms with Crippen LogP contribution in [0.3, 0.4) is 0 Å². The summed E-state index contributed by atoms with van der Waals surface area (Å²) >= 11 is 0. The van der Waals surface area contributed by atoms with Crippen molar-refractivity contribution in [1.29, 1.82) is 0 Å². The second kappa shape index (κ2) is 9.16. The number of aromatic nitrogens is 2. The molecule has 0 fully saturated rings. The van der Waals surface area contributed by atoms with Crippen molar-refractivity contribution in [3.63, 3.8) is 0 Å². The molecular weight excluding hydrogens is 340 g/mol. The fraction of sp³-hybridized carbons (Fsp3) is 0.381. The number of amides is 1. The molecule has 3 rings (SSSR count). The van der Waals surface area contributed by atoms with Gasteiger partial charge in [0.15, 0.2) is 0 Å². The van der Waals surface area contributed by atoms with Crippen LogP contribution in [0.1, 0.15) is 48.4 Å². The quantitative estimate of drug-likeness (QED) is 0.713. The normalized spacial score (nSPS) is 13.6. The Balaban J connectivity index is 1.65. The van der Waals surface area contributed by atoms with Gasteiger partial charge in [-0.1, -0.05) is 23.8 Å². The molecule has 1 amide bonds. The highest BCUT2D eigenvalue weighted by Gasteiger charge is 2.13. The number of benzene rings is 1. The van der Waals surface area contributed by atoms with Gasteiger partial charge < -0.3 is 15.4 Å². The summed E-state index contributed by atoms with van der Waals surface area (Å²) in [5.74, 6) is 1.55. The predicted octanol–water partition coefficient (Wildman–Crippen LogP) is 4.35. The molecule has 1 aliphatic rings. The molecule has 0 aliphatic heterocycles. The van der Waals surface area contributed by atoms with Crippen molar-refractivity contribution in [2.45, 2.75) is 39.0 Å². The van der Waals surface area contributed by atoms with Gasteiger partial charge in [-0.2, -0.15) is 0 Å². The second-order valence-corrected chi connectivity index (χ2v) is 6.62. The molecule has 1 aliphatic carbocycles. The Morgan fingerprint density at radius 1 is 1.22 bits per heavy atom. The van der Waals surface area contributed by atoms with Gasteiger partial charge in [-0.3, -0.25) is 4.79 Å². The second-order valence-electron chi connectivity index (χ2n) is 6.62. The Hall–Kier alpha value is -2.89. The number of methoxy groups -OCH3 is 1. The lowest BCUT2D eigenvalue weighted by Gasteiger charge is -2.14. The van der Waals surface area contributed by atoms with Crippen molar-refractivity contribution in [3.8, 4) is 5.75 Å². The molecule has 1 aromatic heterocycles. The molecule has 0 bridgehead atoms. The topological polar surface area (TPSA) is 76.1 Å². The first-order valence-electron chi connectivity index (χ1n) is 9.37. The summed E-state index contributed by atoms with van der Waals surface area (Å²) < 4.78 is 5.28. The zero-order valence-electron chi connectivity index (χ0n) is 15.9. The number of nitrogens with zero attached hydrogens (tertiary/aromatic N) is 2. The number of hydrogen-bond acceptors (Lipinski definition) is 5. The zero-order valence-corrected chi connectivity index (χ0v) is 15.9. The standard InChI is InChI=1S/C21H26N4O2/c1-15-23-18(21(26)25-17-10-6-7-11-19(17)27-2)14-20(24-15)22-13-12-16-8-4-3-5-9-16/h6-8,10-11,14H,3-5,9,12-13H2,1-2H3,(H,25,26)(H,22,23,24). The van der Waals surface area contributed by atoms with Crippen LogP contribution in [0.25, 0.3) is 0 Å². The van der Waals surface area contributed by atoms with Crippen molar-refractivity contribution >= 4 is 17.4 Å². The van der Waals surface area contributed by atoms with E-state index in [4.69, 9.17) is 4.74 Å². The maximum atomic E-state index is 12.6. The van der Waals surface area contributed by atoms with E-state index < -0.39 is 0 Å². The Labute approximate surface area is 160 Å². The highest BCUT2D eigenvalue weighted by molar-refractivity contribution is 6.04. The van der Waals surface area contributed by atoms with Crippen LogP contribution in [0, 0.1) is 6.92 Å². The van der Waals surface area contributed by atoms with Gasteiger partial charge in [-0.05, 0) is 51.2 Å². The molecule has 0 saturated carbocycles. The summed E-state index contributed by atoms with van der Waals surface area (Å²) in [5, 5.41) is 6.17. The van der Waals surface area contributed by atoms with Crippen LogP contribution in [0.5, 0.6) is 5.75 Å². The molecule has 0 atom stereocenters. The third kappa shape index (κ3) is 5.29. The Bertz CT molecular complexity index is 833. The summed E-state index contributed by atoms with van der Waals surface area (Å²) in [6.45, 7) is 2.59. The van der Waals surface area contributed by atoms with E-state index in [-0.39, 0.29) is 5.91 Å². The highest BCUT2D eigenvalue weighted by Crippen LogP contribution is 2.24. The van der Waals surface area contributed by atoms with E-state index in [0.717, 1.165) is 13.0 Å². The van der Waals surface area contributed by atoms with E-state index in [1.54, 1.807) is 32.2 Å². The molecule has 1 heterocycles. The minimum absolute atomic E-state index is 0.289. The third-order valence-electron chi connectivity index (χ3n) is 4.56. The maximum Gasteiger partial charge on any atom is 0.274 e. The highest BCUT2D eigenvalue weighted by atomic mass is 16.5. The first-order valence-corrected chi connectivity index (χ1v) is 9.37. The van der Waals surface area contributed by atoms with Gasteiger partial charge in [-0.15, -0.1) is 0 Å².